The van der Waals surface area contributed by atoms with Gasteiger partial charge in [-0.25, -0.2) is 9.97 Å². The van der Waals surface area contributed by atoms with E-state index in [1.54, 1.807) is 12.3 Å². The third kappa shape index (κ3) is 3.61. The minimum atomic E-state index is 0.0999. The van der Waals surface area contributed by atoms with Crippen molar-refractivity contribution >= 4 is 22.5 Å². The molecular formula is C21H23N5O. The number of likely N-dealkylation sites (tertiary alicyclic amines) is 1. The summed E-state index contributed by atoms with van der Waals surface area (Å²) in [5, 5.41) is 2.10. The molecule has 4 rings (SSSR count). The Morgan fingerprint density at radius 1 is 1.22 bits per heavy atom. The third-order valence-electron chi connectivity index (χ3n) is 5.21. The lowest BCUT2D eigenvalue weighted by atomic mass is 10.0. The highest BCUT2D eigenvalue weighted by molar-refractivity contribution is 6.07. The first kappa shape index (κ1) is 17.4. The number of anilines is 1. The largest absolute Gasteiger partial charge is 0.384 e. The maximum absolute atomic E-state index is 13.1. The predicted octanol–water partition coefficient (Wildman–Crippen LogP) is 2.56. The number of nitrogens with zero attached hydrogens (tertiary/aromatic N) is 4. The summed E-state index contributed by atoms with van der Waals surface area (Å²) < 4.78 is 0. The Balaban J connectivity index is 1.46. The zero-order valence-corrected chi connectivity index (χ0v) is 15.4. The van der Waals surface area contributed by atoms with Crippen LogP contribution in [0, 0.1) is 0 Å². The van der Waals surface area contributed by atoms with Gasteiger partial charge >= 0.3 is 0 Å². The van der Waals surface area contributed by atoms with Crippen molar-refractivity contribution in [2.75, 3.05) is 25.9 Å². The van der Waals surface area contributed by atoms with Gasteiger partial charge in [0.25, 0.3) is 5.91 Å². The fraction of sp³-hybridized carbons (Fsp3) is 0.286. The van der Waals surface area contributed by atoms with E-state index in [9.17, 15) is 4.79 Å². The number of nitrogens with two attached hydrogens (primary N) is 1. The van der Waals surface area contributed by atoms with Crippen LogP contribution < -0.4 is 5.73 Å². The highest BCUT2D eigenvalue weighted by atomic mass is 16.2. The Kier molecular flexibility index (Phi) is 4.73. The molecule has 6 nitrogen and oxygen atoms in total. The highest BCUT2D eigenvalue weighted by Gasteiger charge is 2.30. The van der Waals surface area contributed by atoms with Crippen molar-refractivity contribution in [3.8, 4) is 0 Å². The predicted molar refractivity (Wildman–Crippen MR) is 106 cm³/mol. The van der Waals surface area contributed by atoms with Gasteiger partial charge in [-0.15, -0.1) is 0 Å². The van der Waals surface area contributed by atoms with Gasteiger partial charge in [0, 0.05) is 30.9 Å². The molecule has 1 saturated heterocycles. The van der Waals surface area contributed by atoms with Crippen LogP contribution in [0.2, 0.25) is 0 Å². The SMILES string of the molecule is CN(Cc1nccc(N)n1)[C@@H]1CCN(C(=O)c2cccc3ccccc23)C1. The van der Waals surface area contributed by atoms with Gasteiger partial charge in [-0.3, -0.25) is 9.69 Å². The van der Waals surface area contributed by atoms with Gasteiger partial charge in [0.1, 0.15) is 11.6 Å². The molecule has 1 aliphatic heterocycles. The molecule has 0 aliphatic carbocycles. The third-order valence-corrected chi connectivity index (χ3v) is 5.21. The quantitative estimate of drug-likeness (QED) is 0.773. The van der Waals surface area contributed by atoms with Crippen LogP contribution in [0.5, 0.6) is 0 Å². The molecule has 1 aliphatic rings. The first-order chi connectivity index (χ1) is 13.1. The Morgan fingerprint density at radius 2 is 2.04 bits per heavy atom. The van der Waals surface area contributed by atoms with Gasteiger partial charge in [0.15, 0.2) is 0 Å². The molecule has 1 atom stereocenters. The van der Waals surface area contributed by atoms with Crippen LogP contribution in [0.4, 0.5) is 5.82 Å². The van der Waals surface area contributed by atoms with E-state index in [1.165, 1.54) is 0 Å². The molecule has 27 heavy (non-hydrogen) atoms. The number of carbonyl (C=O) groups excluding carboxylic acids is 1. The average molecular weight is 361 g/mol. The van der Waals surface area contributed by atoms with Crippen LogP contribution in [0.15, 0.2) is 54.7 Å². The number of benzene rings is 2. The summed E-state index contributed by atoms with van der Waals surface area (Å²) in [7, 11) is 2.04. The van der Waals surface area contributed by atoms with E-state index in [-0.39, 0.29) is 11.9 Å². The summed E-state index contributed by atoms with van der Waals surface area (Å²) in [6.45, 7) is 2.09. The molecule has 3 aromatic rings. The number of rotatable bonds is 4. The number of hydrogen-bond donors (Lipinski definition) is 1. The molecule has 2 aromatic carbocycles. The lowest BCUT2D eigenvalue weighted by Crippen LogP contribution is -2.36. The van der Waals surface area contributed by atoms with Gasteiger partial charge in [-0.05, 0) is 36.4 Å². The van der Waals surface area contributed by atoms with Gasteiger partial charge in [0.05, 0.1) is 6.54 Å². The van der Waals surface area contributed by atoms with Crippen molar-refractivity contribution in [2.24, 2.45) is 0 Å². The summed E-state index contributed by atoms with van der Waals surface area (Å²) in [6.07, 6.45) is 2.62. The van der Waals surface area contributed by atoms with Gasteiger partial charge < -0.3 is 10.6 Å². The molecular weight excluding hydrogens is 338 g/mol. The summed E-state index contributed by atoms with van der Waals surface area (Å²) >= 11 is 0. The lowest BCUT2D eigenvalue weighted by molar-refractivity contribution is 0.0781. The molecule has 1 amide bonds. The smallest absolute Gasteiger partial charge is 0.254 e. The van der Waals surface area contributed by atoms with Crippen molar-refractivity contribution in [3.05, 3.63) is 66.1 Å². The first-order valence-corrected chi connectivity index (χ1v) is 9.16. The number of carbonyl (C=O) groups is 1. The summed E-state index contributed by atoms with van der Waals surface area (Å²) in [6, 6.07) is 15.9. The lowest BCUT2D eigenvalue weighted by Gasteiger charge is -2.24. The number of hydrogen-bond acceptors (Lipinski definition) is 5. The van der Waals surface area contributed by atoms with E-state index in [1.807, 2.05) is 54.4 Å². The number of amides is 1. The van der Waals surface area contributed by atoms with Crippen molar-refractivity contribution in [3.63, 3.8) is 0 Å². The summed E-state index contributed by atoms with van der Waals surface area (Å²) in [5.74, 6) is 1.28. The van der Waals surface area contributed by atoms with E-state index in [0.29, 0.717) is 24.7 Å². The van der Waals surface area contributed by atoms with E-state index in [4.69, 9.17) is 5.73 Å². The molecule has 0 unspecified atom stereocenters. The van der Waals surface area contributed by atoms with Crippen molar-refractivity contribution in [1.29, 1.82) is 0 Å². The maximum atomic E-state index is 13.1. The molecule has 1 aromatic heterocycles. The number of likely N-dealkylation sites (N-methyl/N-ethyl adjacent to an activating group) is 1. The van der Waals surface area contributed by atoms with E-state index < -0.39 is 0 Å². The molecule has 2 N–H and O–H groups in total. The Hall–Kier alpha value is -2.99. The molecule has 2 heterocycles. The van der Waals surface area contributed by atoms with E-state index in [0.717, 1.165) is 29.3 Å². The molecule has 0 radical (unpaired) electrons. The fourth-order valence-electron chi connectivity index (χ4n) is 3.71. The average Bonchev–Trinajstić information content (AvgIpc) is 3.17. The van der Waals surface area contributed by atoms with Crippen molar-refractivity contribution in [1.82, 2.24) is 19.8 Å². The highest BCUT2D eigenvalue weighted by Crippen LogP contribution is 2.23. The Labute approximate surface area is 158 Å². The second kappa shape index (κ2) is 7.32. The monoisotopic (exact) mass is 361 g/mol. The molecule has 0 spiro atoms. The van der Waals surface area contributed by atoms with Crippen LogP contribution in [-0.2, 0) is 6.54 Å². The molecule has 0 saturated carbocycles. The van der Waals surface area contributed by atoms with Crippen LogP contribution in [0.3, 0.4) is 0 Å². The molecule has 0 bridgehead atoms. The molecule has 1 fully saturated rings. The summed E-state index contributed by atoms with van der Waals surface area (Å²) in [5.41, 5.74) is 6.51. The van der Waals surface area contributed by atoms with Crippen LogP contribution >= 0.6 is 0 Å². The normalized spacial score (nSPS) is 17.0. The minimum absolute atomic E-state index is 0.0999. The van der Waals surface area contributed by atoms with E-state index >= 15 is 0 Å². The Bertz CT molecular complexity index is 968. The van der Waals surface area contributed by atoms with Crippen LogP contribution in [-0.4, -0.2) is 51.9 Å². The second-order valence-corrected chi connectivity index (χ2v) is 7.03. The first-order valence-electron chi connectivity index (χ1n) is 9.16. The van der Waals surface area contributed by atoms with Crippen molar-refractivity contribution < 1.29 is 4.79 Å². The second-order valence-electron chi connectivity index (χ2n) is 7.03. The standard InChI is InChI=1S/C21H23N5O/c1-25(14-20-23-11-9-19(22)24-20)16-10-12-26(13-16)21(27)18-8-4-6-15-5-2-3-7-17(15)18/h2-9,11,16H,10,12-14H2,1H3,(H2,22,23,24)/t16-/m1/s1. The topological polar surface area (TPSA) is 75.4 Å². The molecule has 6 heteroatoms. The van der Waals surface area contributed by atoms with Crippen LogP contribution in [0.25, 0.3) is 10.8 Å². The maximum Gasteiger partial charge on any atom is 0.254 e. The number of nitrogen functional groups attached to an aromatic ring is 1. The zero-order valence-electron chi connectivity index (χ0n) is 15.4. The summed E-state index contributed by atoms with van der Waals surface area (Å²) in [4.78, 5) is 25.8. The fourth-order valence-corrected chi connectivity index (χ4v) is 3.71. The molecule has 138 valence electrons. The van der Waals surface area contributed by atoms with Gasteiger partial charge in [-0.1, -0.05) is 36.4 Å². The van der Waals surface area contributed by atoms with Crippen molar-refractivity contribution in [2.45, 2.75) is 19.0 Å². The Morgan fingerprint density at radius 3 is 2.89 bits per heavy atom. The van der Waals surface area contributed by atoms with Gasteiger partial charge in [-0.2, -0.15) is 0 Å². The zero-order chi connectivity index (χ0) is 18.8. The minimum Gasteiger partial charge on any atom is -0.384 e. The van der Waals surface area contributed by atoms with Crippen LogP contribution in [0.1, 0.15) is 22.6 Å². The van der Waals surface area contributed by atoms with E-state index in [2.05, 4.69) is 14.9 Å². The number of fused-ring (bicyclic) bond motifs is 1. The number of aromatic nitrogens is 2. The van der Waals surface area contributed by atoms with Gasteiger partial charge in [0.2, 0.25) is 0 Å².